The minimum Gasteiger partial charge on any atom is -0.392 e. The van der Waals surface area contributed by atoms with Crippen molar-refractivity contribution in [1.29, 1.82) is 0 Å². The van der Waals surface area contributed by atoms with Gasteiger partial charge in [0.25, 0.3) is 0 Å². The molecular formula is C27H26F3N5O3S. The molecule has 1 atom stereocenters. The van der Waals surface area contributed by atoms with E-state index in [1.165, 1.54) is 18.2 Å². The van der Waals surface area contributed by atoms with Crippen molar-refractivity contribution in [2.45, 2.75) is 31.6 Å². The van der Waals surface area contributed by atoms with Crippen LogP contribution < -0.4 is 14.5 Å². The molecule has 0 saturated heterocycles. The first-order valence-electron chi connectivity index (χ1n) is 12.2. The molecule has 2 aromatic heterocycles. The van der Waals surface area contributed by atoms with Gasteiger partial charge in [0.2, 0.25) is 0 Å². The number of halogens is 3. The number of aromatic nitrogens is 2. The smallest absolute Gasteiger partial charge is 0.392 e. The molecular weight excluding hydrogens is 531 g/mol. The van der Waals surface area contributed by atoms with Gasteiger partial charge in [0, 0.05) is 30.2 Å². The summed E-state index contributed by atoms with van der Waals surface area (Å²) in [5.74, 6) is 0.808. The van der Waals surface area contributed by atoms with Crippen molar-refractivity contribution in [1.82, 2.24) is 9.97 Å². The van der Waals surface area contributed by atoms with Crippen LogP contribution in [0.1, 0.15) is 18.2 Å². The van der Waals surface area contributed by atoms with Gasteiger partial charge >= 0.3 is 15.5 Å². The molecule has 3 heterocycles. The van der Waals surface area contributed by atoms with Gasteiger partial charge in [0.05, 0.1) is 29.2 Å². The highest BCUT2D eigenvalue weighted by Crippen LogP contribution is 2.38. The van der Waals surface area contributed by atoms with E-state index in [-0.39, 0.29) is 24.0 Å². The minimum absolute atomic E-state index is 0.0790. The first-order valence-corrected chi connectivity index (χ1v) is 13.7. The highest BCUT2D eigenvalue weighted by molar-refractivity contribution is 7.93. The number of aliphatic hydroxyl groups excluding tert-OH is 1. The van der Waals surface area contributed by atoms with Gasteiger partial charge < -0.3 is 14.9 Å². The molecule has 2 N–H and O–H groups in total. The molecule has 0 radical (unpaired) electrons. The number of anilines is 3. The Morgan fingerprint density at radius 3 is 2.51 bits per heavy atom. The van der Waals surface area contributed by atoms with Crippen molar-refractivity contribution in [3.8, 4) is 11.3 Å². The Hall–Kier alpha value is -3.90. The lowest BCUT2D eigenvalue weighted by atomic mass is 10.1. The zero-order valence-electron chi connectivity index (χ0n) is 21.1. The number of para-hydroxylation sites is 1. The van der Waals surface area contributed by atoms with Gasteiger partial charge in [-0.15, -0.1) is 0 Å². The molecule has 0 saturated carbocycles. The first kappa shape index (κ1) is 26.7. The number of likely N-dealkylation sites (N-methyl/N-ethyl adjacent to an activating group) is 1. The third kappa shape index (κ3) is 4.97. The van der Waals surface area contributed by atoms with Crippen molar-refractivity contribution in [3.05, 3.63) is 78.0 Å². The minimum atomic E-state index is -5.59. The summed E-state index contributed by atoms with van der Waals surface area (Å²) < 4.78 is 63.8. The fourth-order valence-electron chi connectivity index (χ4n) is 4.69. The van der Waals surface area contributed by atoms with Crippen LogP contribution in [0.2, 0.25) is 0 Å². The lowest BCUT2D eigenvalue weighted by Gasteiger charge is -2.28. The normalized spacial score (nSPS) is 15.6. The monoisotopic (exact) mass is 557 g/mol. The first-order chi connectivity index (χ1) is 18.5. The second-order valence-corrected chi connectivity index (χ2v) is 10.9. The van der Waals surface area contributed by atoms with Crippen LogP contribution >= 0.6 is 0 Å². The van der Waals surface area contributed by atoms with Crippen LogP contribution in [0.5, 0.6) is 0 Å². The fraction of sp³-hybridized carbons (Fsp3) is 0.259. The quantitative estimate of drug-likeness (QED) is 0.334. The topological polar surface area (TPSA) is 98.7 Å². The molecule has 0 bridgehead atoms. The van der Waals surface area contributed by atoms with Gasteiger partial charge in [0.1, 0.15) is 6.17 Å². The SMILES string of the molecule is CCc1ccc2c(n1)N(Cc1ccc3nc(-c4ccccc4NS(=O)(=O)C(F)(F)F)ccc3c1)C(CO)N2C. The number of fused-ring (bicyclic) bond motifs is 2. The van der Waals surface area contributed by atoms with Crippen molar-refractivity contribution in [2.24, 2.45) is 0 Å². The Morgan fingerprint density at radius 2 is 1.79 bits per heavy atom. The molecule has 8 nitrogen and oxygen atoms in total. The number of hydrogen-bond donors (Lipinski definition) is 2. The number of nitrogens with one attached hydrogen (secondary N) is 1. The van der Waals surface area contributed by atoms with Crippen LogP contribution in [0.15, 0.2) is 66.7 Å². The second-order valence-electron chi connectivity index (χ2n) is 9.22. The van der Waals surface area contributed by atoms with E-state index in [2.05, 4.69) is 9.88 Å². The third-order valence-corrected chi connectivity index (χ3v) is 7.85. The number of alkyl halides is 3. The predicted octanol–water partition coefficient (Wildman–Crippen LogP) is 4.90. The molecule has 5 rings (SSSR count). The van der Waals surface area contributed by atoms with Gasteiger partial charge in [0.15, 0.2) is 5.82 Å². The zero-order chi connectivity index (χ0) is 27.9. The van der Waals surface area contributed by atoms with E-state index in [1.807, 2.05) is 43.1 Å². The van der Waals surface area contributed by atoms with Gasteiger partial charge in [-0.1, -0.05) is 37.3 Å². The molecule has 2 aromatic carbocycles. The molecule has 0 aliphatic carbocycles. The van der Waals surface area contributed by atoms with Crippen LogP contribution in [0.3, 0.4) is 0 Å². The van der Waals surface area contributed by atoms with Crippen LogP contribution in [-0.2, 0) is 23.0 Å². The summed E-state index contributed by atoms with van der Waals surface area (Å²) in [7, 11) is -3.66. The zero-order valence-corrected chi connectivity index (χ0v) is 22.0. The Balaban J connectivity index is 1.45. The number of rotatable bonds is 7. The van der Waals surface area contributed by atoms with Crippen LogP contribution in [0.4, 0.5) is 30.4 Å². The Morgan fingerprint density at radius 1 is 1.03 bits per heavy atom. The lowest BCUT2D eigenvalue weighted by molar-refractivity contribution is -0.0429. The maximum Gasteiger partial charge on any atom is 0.516 e. The molecule has 1 aliphatic rings. The number of hydrogen-bond acceptors (Lipinski definition) is 7. The molecule has 1 unspecified atom stereocenters. The number of pyridine rings is 2. The van der Waals surface area contributed by atoms with E-state index in [4.69, 9.17) is 4.98 Å². The van der Waals surface area contributed by atoms with Crippen molar-refractivity contribution >= 4 is 38.1 Å². The number of aliphatic hydroxyl groups is 1. The third-order valence-electron chi connectivity index (χ3n) is 6.76. The van der Waals surface area contributed by atoms with Crippen LogP contribution in [0, 0.1) is 0 Å². The number of sulfonamides is 1. The largest absolute Gasteiger partial charge is 0.516 e. The van der Waals surface area contributed by atoms with Crippen LogP contribution in [-0.4, -0.2) is 48.8 Å². The summed E-state index contributed by atoms with van der Waals surface area (Å²) in [5.41, 5.74) is -1.67. The molecule has 0 amide bonds. The molecule has 39 heavy (non-hydrogen) atoms. The summed E-state index contributed by atoms with van der Waals surface area (Å²) in [6, 6.07) is 18.9. The molecule has 0 fully saturated rings. The van der Waals surface area contributed by atoms with Crippen molar-refractivity contribution in [3.63, 3.8) is 0 Å². The van der Waals surface area contributed by atoms with Crippen molar-refractivity contribution in [2.75, 3.05) is 28.2 Å². The molecule has 0 spiro atoms. The Kier molecular flexibility index (Phi) is 6.85. The predicted molar refractivity (Wildman–Crippen MR) is 145 cm³/mol. The standard InChI is InChI=1S/C27H26F3N5O3S/c1-3-19-10-13-24-26(31-19)35(25(16-36)34(24)2)15-17-8-11-21-18(14-17)9-12-22(32-21)20-6-4-5-7-23(20)33-39(37,38)27(28,29)30/h4-14,25,33,36H,3,15-16H2,1-2H3. The summed E-state index contributed by atoms with van der Waals surface area (Å²) >= 11 is 0. The molecule has 1 aliphatic heterocycles. The fourth-order valence-corrected chi connectivity index (χ4v) is 5.28. The van der Waals surface area contributed by atoms with E-state index >= 15 is 0 Å². The van der Waals surface area contributed by atoms with E-state index < -0.39 is 15.5 Å². The summed E-state index contributed by atoms with van der Waals surface area (Å²) in [4.78, 5) is 13.4. The average molecular weight is 558 g/mol. The summed E-state index contributed by atoms with van der Waals surface area (Å²) in [6.07, 6.45) is 0.520. The highest BCUT2D eigenvalue weighted by atomic mass is 32.2. The molecule has 204 valence electrons. The Labute approximate surface area is 223 Å². The van der Waals surface area contributed by atoms with Crippen molar-refractivity contribution < 1.29 is 26.7 Å². The van der Waals surface area contributed by atoms with Crippen LogP contribution in [0.25, 0.3) is 22.2 Å². The van der Waals surface area contributed by atoms with Gasteiger partial charge in [-0.25, -0.2) is 9.97 Å². The lowest BCUT2D eigenvalue weighted by Crippen LogP contribution is -2.43. The van der Waals surface area contributed by atoms with E-state index in [0.717, 1.165) is 34.6 Å². The number of benzene rings is 2. The van der Waals surface area contributed by atoms with E-state index in [1.54, 1.807) is 29.0 Å². The maximum absolute atomic E-state index is 12.9. The second kappa shape index (κ2) is 10.0. The highest BCUT2D eigenvalue weighted by Gasteiger charge is 2.46. The van der Waals surface area contributed by atoms with E-state index in [0.29, 0.717) is 17.8 Å². The van der Waals surface area contributed by atoms with Gasteiger partial charge in [-0.05, 0) is 48.4 Å². The Bertz CT molecular complexity index is 1650. The maximum atomic E-state index is 12.9. The average Bonchev–Trinajstić information content (AvgIpc) is 3.17. The summed E-state index contributed by atoms with van der Waals surface area (Å²) in [6.45, 7) is 2.45. The van der Waals surface area contributed by atoms with Gasteiger partial charge in [-0.2, -0.15) is 21.6 Å². The van der Waals surface area contributed by atoms with Gasteiger partial charge in [-0.3, -0.25) is 4.72 Å². The summed E-state index contributed by atoms with van der Waals surface area (Å²) in [5, 5.41) is 10.9. The van der Waals surface area contributed by atoms with E-state index in [9.17, 15) is 26.7 Å². The molecule has 12 heteroatoms. The number of nitrogens with zero attached hydrogens (tertiary/aromatic N) is 4. The number of aryl methyl sites for hydroxylation is 1. The molecule has 4 aromatic rings.